The average Bonchev–Trinajstić information content (AvgIpc) is 2.27. The Kier molecular flexibility index (Phi) is 3.33. The van der Waals surface area contributed by atoms with Crippen LogP contribution in [0.15, 0.2) is 24.3 Å². The molecular formula is C12H14O6S2. The van der Waals surface area contributed by atoms with Gasteiger partial charge >= 0.3 is 0 Å². The summed E-state index contributed by atoms with van der Waals surface area (Å²) in [6.07, 6.45) is 2.52. The second-order valence-electron chi connectivity index (χ2n) is 4.91. The van der Waals surface area contributed by atoms with Gasteiger partial charge in [0.1, 0.15) is 10.00 Å². The lowest BCUT2D eigenvalue weighted by atomic mass is 9.85. The number of fused-ring (bicyclic) bond motifs is 1. The molecule has 110 valence electrons. The lowest BCUT2D eigenvalue weighted by Gasteiger charge is -2.35. The summed E-state index contributed by atoms with van der Waals surface area (Å²) in [6, 6.07) is 4.73. The molecule has 2 rings (SSSR count). The molecule has 0 amide bonds. The Hall–Kier alpha value is -1.22. The Labute approximate surface area is 117 Å². The number of benzene rings is 1. The van der Waals surface area contributed by atoms with Crippen molar-refractivity contribution < 1.29 is 25.9 Å². The largest absolute Gasteiger partial charge is 0.285 e. The number of hydrogen-bond acceptors (Lipinski definition) is 4. The van der Waals surface area contributed by atoms with Crippen LogP contribution >= 0.6 is 0 Å². The molecule has 0 saturated heterocycles. The molecule has 1 aromatic carbocycles. The molecule has 2 atom stereocenters. The van der Waals surface area contributed by atoms with Gasteiger partial charge in [-0.3, -0.25) is 9.11 Å². The summed E-state index contributed by atoms with van der Waals surface area (Å²) in [7, 11) is -9.48. The minimum Gasteiger partial charge on any atom is -0.285 e. The van der Waals surface area contributed by atoms with Gasteiger partial charge in [0.25, 0.3) is 20.2 Å². The average molecular weight is 318 g/mol. The molecule has 8 heteroatoms. The SMILES string of the molecule is Cc1cccc2c1C=CC(S(=O)(=O)O)C2(C)S(=O)(=O)O. The van der Waals surface area contributed by atoms with Crippen LogP contribution in [0.25, 0.3) is 6.08 Å². The summed E-state index contributed by atoms with van der Waals surface area (Å²) in [5.74, 6) is 0. The van der Waals surface area contributed by atoms with Crippen LogP contribution in [-0.2, 0) is 25.0 Å². The first-order valence-electron chi connectivity index (χ1n) is 5.71. The molecule has 0 spiro atoms. The van der Waals surface area contributed by atoms with Gasteiger partial charge in [0.05, 0.1) is 0 Å². The van der Waals surface area contributed by atoms with Crippen LogP contribution < -0.4 is 0 Å². The van der Waals surface area contributed by atoms with E-state index in [-0.39, 0.29) is 5.56 Å². The first-order valence-corrected chi connectivity index (χ1v) is 8.65. The van der Waals surface area contributed by atoms with Crippen molar-refractivity contribution in [2.75, 3.05) is 0 Å². The van der Waals surface area contributed by atoms with E-state index in [0.717, 1.165) is 18.6 Å². The minimum atomic E-state index is -4.78. The summed E-state index contributed by atoms with van der Waals surface area (Å²) in [5.41, 5.74) is 1.40. The molecule has 1 aliphatic carbocycles. The Morgan fingerprint density at radius 1 is 1.15 bits per heavy atom. The van der Waals surface area contributed by atoms with Crippen molar-refractivity contribution in [2.24, 2.45) is 0 Å². The van der Waals surface area contributed by atoms with E-state index in [4.69, 9.17) is 0 Å². The molecule has 0 saturated carbocycles. The highest BCUT2D eigenvalue weighted by Gasteiger charge is 2.54. The van der Waals surface area contributed by atoms with Crippen LogP contribution in [0.4, 0.5) is 0 Å². The van der Waals surface area contributed by atoms with E-state index >= 15 is 0 Å². The molecule has 2 N–H and O–H groups in total. The molecule has 1 aliphatic rings. The summed E-state index contributed by atoms with van der Waals surface area (Å²) >= 11 is 0. The number of aryl methyl sites for hydroxylation is 1. The molecule has 0 aromatic heterocycles. The molecule has 0 fully saturated rings. The second-order valence-corrected chi connectivity index (χ2v) is 8.25. The highest BCUT2D eigenvalue weighted by atomic mass is 32.2. The van der Waals surface area contributed by atoms with Gasteiger partial charge in [0.15, 0.2) is 0 Å². The van der Waals surface area contributed by atoms with E-state index in [9.17, 15) is 25.9 Å². The maximum atomic E-state index is 11.8. The van der Waals surface area contributed by atoms with Gasteiger partial charge in [-0.15, -0.1) is 0 Å². The van der Waals surface area contributed by atoms with Crippen molar-refractivity contribution in [3.63, 3.8) is 0 Å². The van der Waals surface area contributed by atoms with Crippen LogP contribution in [0.1, 0.15) is 23.6 Å². The van der Waals surface area contributed by atoms with E-state index in [1.165, 1.54) is 12.1 Å². The Bertz CT molecular complexity index is 791. The maximum absolute atomic E-state index is 11.8. The lowest BCUT2D eigenvalue weighted by molar-refractivity contribution is 0.415. The van der Waals surface area contributed by atoms with Crippen molar-refractivity contribution in [3.05, 3.63) is 41.0 Å². The molecule has 0 heterocycles. The standard InChI is InChI=1S/C12H14O6S2/c1-8-4-3-5-10-9(8)6-7-11(19(13,14)15)12(10,2)20(16,17)18/h3-7,11H,1-2H3,(H,13,14,15)(H,16,17,18). The van der Waals surface area contributed by atoms with Crippen LogP contribution in [0, 0.1) is 6.92 Å². The van der Waals surface area contributed by atoms with Gasteiger partial charge in [-0.05, 0) is 30.5 Å². The molecule has 6 nitrogen and oxygen atoms in total. The fourth-order valence-corrected chi connectivity index (χ4v) is 5.05. The fourth-order valence-electron chi connectivity index (χ4n) is 2.52. The third-order valence-electron chi connectivity index (χ3n) is 3.70. The normalized spacial score (nSPS) is 26.3. The fraction of sp³-hybridized carbons (Fsp3) is 0.333. The van der Waals surface area contributed by atoms with E-state index in [1.807, 2.05) is 0 Å². The summed E-state index contributed by atoms with van der Waals surface area (Å²) < 4.78 is 63.2. The molecule has 0 radical (unpaired) electrons. The predicted molar refractivity (Wildman–Crippen MR) is 74.5 cm³/mol. The molecule has 2 unspecified atom stereocenters. The van der Waals surface area contributed by atoms with Gasteiger partial charge in [-0.2, -0.15) is 16.8 Å². The van der Waals surface area contributed by atoms with E-state index in [0.29, 0.717) is 5.56 Å². The molecule has 0 bridgehead atoms. The number of hydrogen-bond donors (Lipinski definition) is 2. The molecule has 1 aromatic rings. The second kappa shape index (κ2) is 4.39. The summed E-state index contributed by atoms with van der Waals surface area (Å²) in [4.78, 5) is 0. The van der Waals surface area contributed by atoms with Gasteiger partial charge in [0, 0.05) is 0 Å². The minimum absolute atomic E-state index is 0.144. The third kappa shape index (κ3) is 2.08. The molecule has 20 heavy (non-hydrogen) atoms. The summed E-state index contributed by atoms with van der Waals surface area (Å²) in [6.45, 7) is 2.82. The van der Waals surface area contributed by atoms with Crippen LogP contribution in [0.5, 0.6) is 0 Å². The van der Waals surface area contributed by atoms with Gasteiger partial charge in [0.2, 0.25) is 0 Å². The van der Waals surface area contributed by atoms with Crippen LogP contribution in [0.2, 0.25) is 0 Å². The topological polar surface area (TPSA) is 109 Å². The van der Waals surface area contributed by atoms with E-state index in [2.05, 4.69) is 0 Å². The van der Waals surface area contributed by atoms with Gasteiger partial charge < -0.3 is 0 Å². The Balaban J connectivity index is 2.90. The lowest BCUT2D eigenvalue weighted by Crippen LogP contribution is -2.48. The van der Waals surface area contributed by atoms with Crippen molar-refractivity contribution >= 4 is 26.3 Å². The van der Waals surface area contributed by atoms with E-state index < -0.39 is 30.2 Å². The van der Waals surface area contributed by atoms with Crippen molar-refractivity contribution in [3.8, 4) is 0 Å². The van der Waals surface area contributed by atoms with Crippen molar-refractivity contribution in [2.45, 2.75) is 23.8 Å². The highest BCUT2D eigenvalue weighted by Crippen LogP contribution is 2.43. The van der Waals surface area contributed by atoms with Gasteiger partial charge in [-0.1, -0.05) is 30.4 Å². The first kappa shape index (κ1) is 15.2. The molecule has 0 aliphatic heterocycles. The van der Waals surface area contributed by atoms with Crippen LogP contribution in [-0.4, -0.2) is 31.2 Å². The van der Waals surface area contributed by atoms with E-state index in [1.54, 1.807) is 19.1 Å². The third-order valence-corrected chi connectivity index (χ3v) is 6.66. The first-order chi connectivity index (χ1) is 8.99. The quantitative estimate of drug-likeness (QED) is 0.797. The van der Waals surface area contributed by atoms with Crippen molar-refractivity contribution in [1.82, 2.24) is 0 Å². The smallest absolute Gasteiger partial charge is 0.276 e. The molecular weight excluding hydrogens is 304 g/mol. The maximum Gasteiger partial charge on any atom is 0.276 e. The van der Waals surface area contributed by atoms with Crippen molar-refractivity contribution in [1.29, 1.82) is 0 Å². The zero-order valence-corrected chi connectivity index (χ0v) is 12.4. The Morgan fingerprint density at radius 3 is 2.25 bits per heavy atom. The number of rotatable bonds is 2. The highest BCUT2D eigenvalue weighted by molar-refractivity contribution is 7.91. The monoisotopic (exact) mass is 318 g/mol. The van der Waals surface area contributed by atoms with Gasteiger partial charge in [-0.25, -0.2) is 0 Å². The summed E-state index contributed by atoms with van der Waals surface area (Å²) in [5, 5.41) is -1.76. The zero-order valence-electron chi connectivity index (χ0n) is 10.8. The Morgan fingerprint density at radius 2 is 1.75 bits per heavy atom. The zero-order chi connectivity index (χ0) is 15.3. The van der Waals surface area contributed by atoms with Crippen LogP contribution in [0.3, 0.4) is 0 Å². The predicted octanol–water partition coefficient (Wildman–Crippen LogP) is 1.38.